The van der Waals surface area contributed by atoms with Crippen molar-refractivity contribution in [3.05, 3.63) is 45.7 Å². The van der Waals surface area contributed by atoms with E-state index in [1.807, 2.05) is 0 Å². The van der Waals surface area contributed by atoms with Crippen LogP contribution in [0.3, 0.4) is 0 Å². The lowest BCUT2D eigenvalue weighted by Gasteiger charge is -2.08. The van der Waals surface area contributed by atoms with Crippen LogP contribution in [0, 0.1) is 19.7 Å². The first-order valence-corrected chi connectivity index (χ1v) is 6.55. The summed E-state index contributed by atoms with van der Waals surface area (Å²) in [4.78, 5) is 16.4. The Balaban J connectivity index is 2.09. The summed E-state index contributed by atoms with van der Waals surface area (Å²) in [6.07, 6.45) is 0. The van der Waals surface area contributed by atoms with Crippen molar-refractivity contribution in [3.63, 3.8) is 0 Å². The van der Waals surface area contributed by atoms with Gasteiger partial charge in [0.05, 0.1) is 5.69 Å². The summed E-state index contributed by atoms with van der Waals surface area (Å²) in [5.41, 5.74) is 7.45. The summed E-state index contributed by atoms with van der Waals surface area (Å²) in [5, 5.41) is 3.11. The normalized spacial score (nSPS) is 10.5. The van der Waals surface area contributed by atoms with Gasteiger partial charge in [-0.2, -0.15) is 0 Å². The van der Waals surface area contributed by atoms with Crippen LogP contribution in [0.1, 0.15) is 26.5 Å². The predicted octanol–water partition coefficient (Wildman–Crippen LogP) is 2.41. The van der Waals surface area contributed by atoms with Gasteiger partial charge in [0.15, 0.2) is 5.13 Å². The molecule has 0 unspecified atom stereocenters. The highest BCUT2D eigenvalue weighted by atomic mass is 32.1. The number of hydrogen-bond acceptors (Lipinski definition) is 4. The Kier molecular flexibility index (Phi) is 3.80. The number of halogens is 1. The van der Waals surface area contributed by atoms with Crippen LogP contribution in [0.4, 0.5) is 9.52 Å². The van der Waals surface area contributed by atoms with E-state index in [1.165, 1.54) is 6.07 Å². The van der Waals surface area contributed by atoms with Gasteiger partial charge >= 0.3 is 0 Å². The molecule has 0 atom stereocenters. The Bertz CT molecular complexity index is 624. The van der Waals surface area contributed by atoms with Gasteiger partial charge in [0.2, 0.25) is 0 Å². The number of rotatable bonds is 3. The Morgan fingerprint density at radius 1 is 1.47 bits per heavy atom. The molecule has 0 saturated heterocycles. The average molecular weight is 279 g/mol. The Labute approximate surface area is 114 Å². The van der Waals surface area contributed by atoms with E-state index in [2.05, 4.69) is 10.3 Å². The molecule has 6 heteroatoms. The van der Waals surface area contributed by atoms with E-state index < -0.39 is 0 Å². The number of benzene rings is 1. The van der Waals surface area contributed by atoms with Crippen LogP contribution in [0.5, 0.6) is 0 Å². The van der Waals surface area contributed by atoms with Crippen molar-refractivity contribution in [1.82, 2.24) is 10.3 Å². The second-order valence-corrected chi connectivity index (χ2v) is 5.20. The zero-order valence-corrected chi connectivity index (χ0v) is 11.5. The molecule has 1 heterocycles. The summed E-state index contributed by atoms with van der Waals surface area (Å²) in [7, 11) is 0. The largest absolute Gasteiger partial charge is 0.375 e. The molecule has 0 aliphatic heterocycles. The highest BCUT2D eigenvalue weighted by Gasteiger charge is 2.14. The maximum Gasteiger partial charge on any atom is 0.263 e. The van der Waals surface area contributed by atoms with Crippen molar-refractivity contribution in [3.8, 4) is 0 Å². The molecule has 0 fully saturated rings. The number of aromatic nitrogens is 1. The molecular weight excluding hydrogens is 265 g/mol. The molecule has 1 aromatic heterocycles. The molecule has 2 rings (SSSR count). The number of nitrogens with one attached hydrogen (secondary N) is 1. The molecule has 4 nitrogen and oxygen atoms in total. The highest BCUT2D eigenvalue weighted by Crippen LogP contribution is 2.19. The molecule has 0 aliphatic carbocycles. The number of carbonyl (C=O) groups is 1. The summed E-state index contributed by atoms with van der Waals surface area (Å²) >= 11 is 1.15. The maximum atomic E-state index is 13.4. The minimum absolute atomic E-state index is 0.240. The molecule has 0 bridgehead atoms. The minimum atomic E-state index is -0.273. The number of nitrogen functional groups attached to an aromatic ring is 1. The second kappa shape index (κ2) is 5.36. The first-order chi connectivity index (χ1) is 8.99. The fourth-order valence-corrected chi connectivity index (χ4v) is 2.48. The van der Waals surface area contributed by atoms with Crippen LogP contribution in [0.25, 0.3) is 0 Å². The topological polar surface area (TPSA) is 68.0 Å². The van der Waals surface area contributed by atoms with Crippen LogP contribution in [-0.2, 0) is 6.54 Å². The molecule has 19 heavy (non-hydrogen) atoms. The number of thiazole rings is 1. The number of nitrogens with two attached hydrogens (primary N) is 1. The Hall–Kier alpha value is -1.95. The minimum Gasteiger partial charge on any atom is -0.375 e. The van der Waals surface area contributed by atoms with Crippen LogP contribution < -0.4 is 11.1 Å². The third-order valence-corrected chi connectivity index (χ3v) is 3.82. The molecule has 0 aliphatic rings. The number of amides is 1. The van der Waals surface area contributed by atoms with Crippen molar-refractivity contribution in [2.45, 2.75) is 20.4 Å². The molecule has 0 spiro atoms. The van der Waals surface area contributed by atoms with Crippen LogP contribution in [-0.4, -0.2) is 10.9 Å². The van der Waals surface area contributed by atoms with Gasteiger partial charge < -0.3 is 11.1 Å². The van der Waals surface area contributed by atoms with E-state index in [1.54, 1.807) is 26.0 Å². The third kappa shape index (κ3) is 2.90. The quantitative estimate of drug-likeness (QED) is 0.906. The van der Waals surface area contributed by atoms with Gasteiger partial charge in [0.25, 0.3) is 5.91 Å². The number of nitrogens with zero attached hydrogens (tertiary/aromatic N) is 1. The SMILES string of the molecule is Cc1nc(N)sc1C(=O)NCc1cccc(F)c1C. The molecular formula is C13H14FN3OS. The van der Waals surface area contributed by atoms with Gasteiger partial charge in [-0.15, -0.1) is 0 Å². The molecule has 0 saturated carbocycles. The van der Waals surface area contributed by atoms with E-state index in [9.17, 15) is 9.18 Å². The third-order valence-electron chi connectivity index (χ3n) is 2.84. The van der Waals surface area contributed by atoms with Gasteiger partial charge in [-0.3, -0.25) is 4.79 Å². The van der Waals surface area contributed by atoms with E-state index in [0.717, 1.165) is 16.9 Å². The first-order valence-electron chi connectivity index (χ1n) is 5.74. The summed E-state index contributed by atoms with van der Waals surface area (Å²) in [5.74, 6) is -0.514. The molecule has 1 aromatic carbocycles. The van der Waals surface area contributed by atoms with Gasteiger partial charge in [0.1, 0.15) is 10.7 Å². The lowest BCUT2D eigenvalue weighted by atomic mass is 10.1. The van der Waals surface area contributed by atoms with Crippen molar-refractivity contribution in [1.29, 1.82) is 0 Å². The Morgan fingerprint density at radius 2 is 2.21 bits per heavy atom. The van der Waals surface area contributed by atoms with Crippen molar-refractivity contribution in [2.24, 2.45) is 0 Å². The summed E-state index contributed by atoms with van der Waals surface area (Å²) < 4.78 is 13.4. The number of anilines is 1. The van der Waals surface area contributed by atoms with Gasteiger partial charge in [-0.05, 0) is 31.0 Å². The maximum absolute atomic E-state index is 13.4. The smallest absolute Gasteiger partial charge is 0.263 e. The standard InChI is InChI=1S/C13H14FN3OS/c1-7-9(4-3-5-10(7)14)6-16-12(18)11-8(2)17-13(15)19-11/h3-5H,6H2,1-2H3,(H2,15,17)(H,16,18). The van der Waals surface area contributed by atoms with E-state index in [0.29, 0.717) is 21.3 Å². The van der Waals surface area contributed by atoms with Crippen LogP contribution in [0.15, 0.2) is 18.2 Å². The van der Waals surface area contributed by atoms with E-state index >= 15 is 0 Å². The van der Waals surface area contributed by atoms with Crippen LogP contribution >= 0.6 is 11.3 Å². The van der Waals surface area contributed by atoms with Crippen LogP contribution in [0.2, 0.25) is 0 Å². The van der Waals surface area contributed by atoms with Crippen molar-refractivity contribution < 1.29 is 9.18 Å². The number of hydrogen-bond donors (Lipinski definition) is 2. The van der Waals surface area contributed by atoms with Gasteiger partial charge in [0, 0.05) is 6.54 Å². The summed E-state index contributed by atoms with van der Waals surface area (Å²) in [6.45, 7) is 3.70. The predicted molar refractivity (Wildman–Crippen MR) is 73.6 cm³/mol. The fourth-order valence-electron chi connectivity index (χ4n) is 1.73. The summed E-state index contributed by atoms with van der Waals surface area (Å²) in [6, 6.07) is 4.81. The molecule has 1 amide bonds. The molecule has 3 N–H and O–H groups in total. The molecule has 2 aromatic rings. The highest BCUT2D eigenvalue weighted by molar-refractivity contribution is 7.17. The fraction of sp³-hybridized carbons (Fsp3) is 0.231. The number of carbonyl (C=O) groups excluding carboxylic acids is 1. The zero-order chi connectivity index (χ0) is 14.0. The van der Waals surface area contributed by atoms with Crippen molar-refractivity contribution in [2.75, 3.05) is 5.73 Å². The lowest BCUT2D eigenvalue weighted by molar-refractivity contribution is 0.0954. The van der Waals surface area contributed by atoms with Gasteiger partial charge in [-0.1, -0.05) is 23.5 Å². The van der Waals surface area contributed by atoms with E-state index in [4.69, 9.17) is 5.73 Å². The number of aryl methyl sites for hydroxylation is 1. The van der Waals surface area contributed by atoms with Gasteiger partial charge in [-0.25, -0.2) is 9.37 Å². The van der Waals surface area contributed by atoms with Crippen molar-refractivity contribution >= 4 is 22.4 Å². The second-order valence-electron chi connectivity index (χ2n) is 4.17. The zero-order valence-electron chi connectivity index (χ0n) is 10.7. The van der Waals surface area contributed by atoms with E-state index in [-0.39, 0.29) is 18.3 Å². The first kappa shape index (κ1) is 13.5. The Morgan fingerprint density at radius 3 is 2.84 bits per heavy atom. The molecule has 100 valence electrons. The monoisotopic (exact) mass is 279 g/mol. The average Bonchev–Trinajstić information content (AvgIpc) is 2.70. The lowest BCUT2D eigenvalue weighted by Crippen LogP contribution is -2.23. The molecule has 0 radical (unpaired) electrons.